The molecule has 0 spiro atoms. The van der Waals surface area contributed by atoms with Crippen LogP contribution in [0.3, 0.4) is 0 Å². The Balaban J connectivity index is 1.90. The van der Waals surface area contributed by atoms with Gasteiger partial charge in [0.1, 0.15) is 5.75 Å². The molecule has 0 radical (unpaired) electrons. The van der Waals surface area contributed by atoms with Gasteiger partial charge in [-0.1, -0.05) is 18.2 Å². The third kappa shape index (κ3) is 2.52. The van der Waals surface area contributed by atoms with Crippen molar-refractivity contribution in [3.8, 4) is 5.75 Å². The average molecular weight is 221 g/mol. The van der Waals surface area contributed by atoms with E-state index in [1.165, 1.54) is 0 Å². The van der Waals surface area contributed by atoms with E-state index in [4.69, 9.17) is 15.2 Å². The van der Waals surface area contributed by atoms with Crippen LogP contribution in [0.2, 0.25) is 0 Å². The van der Waals surface area contributed by atoms with Gasteiger partial charge in [0.05, 0.1) is 25.2 Å². The number of primary amides is 1. The van der Waals surface area contributed by atoms with Gasteiger partial charge < -0.3 is 15.2 Å². The Labute approximate surface area is 94.3 Å². The Bertz CT molecular complexity index is 360. The Hall–Kier alpha value is -1.55. The fourth-order valence-corrected chi connectivity index (χ4v) is 1.75. The standard InChI is InChI=1S/C12H15NO3/c13-11(14)6-12(7-15-8-12)9-16-10-4-2-1-3-5-10/h1-5H,6-9H2,(H2,13,14). The van der Waals surface area contributed by atoms with E-state index in [1.54, 1.807) is 0 Å². The lowest BCUT2D eigenvalue weighted by Gasteiger charge is -2.40. The Kier molecular flexibility index (Phi) is 3.10. The smallest absolute Gasteiger partial charge is 0.218 e. The van der Waals surface area contributed by atoms with Crippen LogP contribution < -0.4 is 10.5 Å². The summed E-state index contributed by atoms with van der Waals surface area (Å²) in [5, 5.41) is 0. The van der Waals surface area contributed by atoms with Gasteiger partial charge in [-0.05, 0) is 12.1 Å². The monoisotopic (exact) mass is 221 g/mol. The lowest BCUT2D eigenvalue weighted by atomic mass is 9.83. The fraction of sp³-hybridized carbons (Fsp3) is 0.417. The van der Waals surface area contributed by atoms with E-state index in [1.807, 2.05) is 30.3 Å². The van der Waals surface area contributed by atoms with Crippen LogP contribution in [0, 0.1) is 5.41 Å². The highest BCUT2D eigenvalue weighted by molar-refractivity contribution is 5.74. The summed E-state index contributed by atoms with van der Waals surface area (Å²) >= 11 is 0. The molecule has 1 aliphatic rings. The third-order valence-corrected chi connectivity index (χ3v) is 2.65. The lowest BCUT2D eigenvalue weighted by molar-refractivity contribution is -0.149. The minimum absolute atomic E-state index is 0.221. The first-order valence-electron chi connectivity index (χ1n) is 5.24. The maximum absolute atomic E-state index is 10.9. The first kappa shape index (κ1) is 11.0. The second kappa shape index (κ2) is 4.53. The molecule has 1 aromatic carbocycles. The van der Waals surface area contributed by atoms with Gasteiger partial charge in [0.25, 0.3) is 0 Å². The summed E-state index contributed by atoms with van der Waals surface area (Å²) in [5.74, 6) is 0.498. The highest BCUT2D eigenvalue weighted by Crippen LogP contribution is 2.32. The van der Waals surface area contributed by atoms with Crippen molar-refractivity contribution in [1.82, 2.24) is 0 Å². The zero-order valence-corrected chi connectivity index (χ0v) is 9.02. The normalized spacial score (nSPS) is 17.5. The van der Waals surface area contributed by atoms with Gasteiger partial charge in [0, 0.05) is 6.42 Å². The van der Waals surface area contributed by atoms with Gasteiger partial charge in [-0.25, -0.2) is 0 Å². The molecule has 1 saturated heterocycles. The van der Waals surface area contributed by atoms with Crippen LogP contribution in [-0.2, 0) is 9.53 Å². The number of para-hydroxylation sites is 1. The molecule has 0 aromatic heterocycles. The zero-order valence-electron chi connectivity index (χ0n) is 9.02. The van der Waals surface area contributed by atoms with Crippen LogP contribution >= 0.6 is 0 Å². The summed E-state index contributed by atoms with van der Waals surface area (Å²) in [6.45, 7) is 1.56. The SMILES string of the molecule is NC(=O)CC1(COc2ccccc2)COC1. The summed E-state index contributed by atoms with van der Waals surface area (Å²) < 4.78 is 10.8. The molecule has 1 heterocycles. The summed E-state index contributed by atoms with van der Waals surface area (Å²) in [6.07, 6.45) is 0.319. The number of rotatable bonds is 5. The topological polar surface area (TPSA) is 61.6 Å². The van der Waals surface area contributed by atoms with Crippen LogP contribution in [-0.4, -0.2) is 25.7 Å². The van der Waals surface area contributed by atoms with E-state index in [0.717, 1.165) is 5.75 Å². The van der Waals surface area contributed by atoms with Crippen molar-refractivity contribution < 1.29 is 14.3 Å². The number of hydrogen-bond donors (Lipinski definition) is 1. The molecule has 0 bridgehead atoms. The van der Waals surface area contributed by atoms with Crippen molar-refractivity contribution in [3.05, 3.63) is 30.3 Å². The minimum atomic E-state index is -0.306. The largest absolute Gasteiger partial charge is 0.493 e. The molecule has 86 valence electrons. The van der Waals surface area contributed by atoms with Gasteiger partial charge in [0.2, 0.25) is 5.91 Å². The first-order chi connectivity index (χ1) is 7.70. The molecule has 2 rings (SSSR count). The van der Waals surface area contributed by atoms with Gasteiger partial charge in [-0.15, -0.1) is 0 Å². The van der Waals surface area contributed by atoms with Crippen molar-refractivity contribution in [2.75, 3.05) is 19.8 Å². The molecule has 0 unspecified atom stereocenters. The highest BCUT2D eigenvalue weighted by Gasteiger charge is 2.41. The second-order valence-electron chi connectivity index (χ2n) is 4.24. The van der Waals surface area contributed by atoms with Gasteiger partial charge >= 0.3 is 0 Å². The first-order valence-corrected chi connectivity index (χ1v) is 5.24. The minimum Gasteiger partial charge on any atom is -0.493 e. The maximum Gasteiger partial charge on any atom is 0.218 e. The van der Waals surface area contributed by atoms with Crippen LogP contribution in [0.5, 0.6) is 5.75 Å². The molecule has 1 aromatic rings. The van der Waals surface area contributed by atoms with Crippen molar-refractivity contribution in [1.29, 1.82) is 0 Å². The Morgan fingerprint density at radius 2 is 2.06 bits per heavy atom. The molecule has 2 N–H and O–H groups in total. The molecule has 1 amide bonds. The predicted octanol–water partition coefficient (Wildman–Crippen LogP) is 0.957. The van der Waals surface area contributed by atoms with E-state index in [9.17, 15) is 4.79 Å². The Morgan fingerprint density at radius 3 is 2.56 bits per heavy atom. The van der Waals surface area contributed by atoms with Crippen molar-refractivity contribution in [2.24, 2.45) is 11.1 Å². The number of carbonyl (C=O) groups excluding carboxylic acids is 1. The maximum atomic E-state index is 10.9. The van der Waals surface area contributed by atoms with Crippen molar-refractivity contribution >= 4 is 5.91 Å². The molecule has 4 nitrogen and oxygen atoms in total. The number of hydrogen-bond acceptors (Lipinski definition) is 3. The molecule has 4 heteroatoms. The summed E-state index contributed by atoms with van der Waals surface area (Å²) in [4.78, 5) is 10.9. The van der Waals surface area contributed by atoms with Gasteiger partial charge in [0.15, 0.2) is 0 Å². The summed E-state index contributed by atoms with van der Waals surface area (Å²) in [5.41, 5.74) is 4.99. The van der Waals surface area contributed by atoms with E-state index in [0.29, 0.717) is 26.2 Å². The third-order valence-electron chi connectivity index (χ3n) is 2.65. The zero-order chi connectivity index (χ0) is 11.4. The van der Waals surface area contributed by atoms with Gasteiger partial charge in [-0.2, -0.15) is 0 Å². The van der Waals surface area contributed by atoms with Crippen LogP contribution in [0.25, 0.3) is 0 Å². The number of carbonyl (C=O) groups is 1. The lowest BCUT2D eigenvalue weighted by Crippen LogP contribution is -2.49. The number of ether oxygens (including phenoxy) is 2. The predicted molar refractivity (Wildman–Crippen MR) is 59.0 cm³/mol. The molecular weight excluding hydrogens is 206 g/mol. The van der Waals surface area contributed by atoms with Crippen molar-refractivity contribution in [3.63, 3.8) is 0 Å². The molecular formula is C12H15NO3. The quantitative estimate of drug-likeness (QED) is 0.805. The number of nitrogens with two attached hydrogens (primary N) is 1. The number of benzene rings is 1. The highest BCUT2D eigenvalue weighted by atomic mass is 16.5. The molecule has 0 aliphatic carbocycles. The fourth-order valence-electron chi connectivity index (χ4n) is 1.75. The summed E-state index contributed by atoms with van der Waals surface area (Å²) in [6, 6.07) is 9.52. The molecule has 16 heavy (non-hydrogen) atoms. The van der Waals surface area contributed by atoms with Crippen LogP contribution in [0.1, 0.15) is 6.42 Å². The average Bonchev–Trinajstić information content (AvgIpc) is 2.23. The van der Waals surface area contributed by atoms with Gasteiger partial charge in [-0.3, -0.25) is 4.79 Å². The number of amides is 1. The van der Waals surface area contributed by atoms with Crippen LogP contribution in [0.15, 0.2) is 30.3 Å². The molecule has 1 fully saturated rings. The van der Waals surface area contributed by atoms with Crippen LogP contribution in [0.4, 0.5) is 0 Å². The van der Waals surface area contributed by atoms with E-state index < -0.39 is 0 Å². The molecule has 1 aliphatic heterocycles. The van der Waals surface area contributed by atoms with Crippen molar-refractivity contribution in [2.45, 2.75) is 6.42 Å². The van der Waals surface area contributed by atoms with E-state index >= 15 is 0 Å². The molecule has 0 saturated carbocycles. The molecule has 0 atom stereocenters. The van der Waals surface area contributed by atoms with E-state index in [2.05, 4.69) is 0 Å². The van der Waals surface area contributed by atoms with E-state index in [-0.39, 0.29) is 11.3 Å². The second-order valence-corrected chi connectivity index (χ2v) is 4.24. The Morgan fingerprint density at radius 1 is 1.38 bits per heavy atom. The summed E-state index contributed by atoms with van der Waals surface area (Å²) in [7, 11) is 0.